The van der Waals surface area contributed by atoms with Gasteiger partial charge in [-0.15, -0.1) is 0 Å². The normalized spacial score (nSPS) is 19.4. The predicted molar refractivity (Wildman–Crippen MR) is 63.3 cm³/mol. The van der Waals surface area contributed by atoms with E-state index >= 15 is 0 Å². The summed E-state index contributed by atoms with van der Waals surface area (Å²) in [5, 5.41) is 19.9. The van der Waals surface area contributed by atoms with Crippen molar-refractivity contribution < 1.29 is 23.2 Å². The minimum absolute atomic E-state index is 0.0860. The molecule has 1 aliphatic heterocycles. The van der Waals surface area contributed by atoms with E-state index in [0.717, 1.165) is 0 Å². The lowest BCUT2D eigenvalue weighted by Gasteiger charge is -2.19. The van der Waals surface area contributed by atoms with Crippen molar-refractivity contribution in [3.05, 3.63) is 28.1 Å². The lowest BCUT2D eigenvalue weighted by molar-refractivity contribution is -0.384. The first kappa shape index (κ1) is 14.5. The summed E-state index contributed by atoms with van der Waals surface area (Å²) < 4.78 is 37.9. The molecule has 0 aliphatic carbocycles. The Bertz CT molecular complexity index is 521. The van der Waals surface area contributed by atoms with E-state index < -0.39 is 22.5 Å². The number of aromatic nitrogens is 1. The Kier molecular flexibility index (Phi) is 3.80. The molecule has 1 aromatic heterocycles. The Morgan fingerprint density at radius 3 is 2.75 bits per heavy atom. The van der Waals surface area contributed by atoms with Crippen LogP contribution in [0.5, 0.6) is 0 Å². The van der Waals surface area contributed by atoms with Crippen LogP contribution in [0.25, 0.3) is 0 Å². The number of pyridine rings is 1. The van der Waals surface area contributed by atoms with Crippen LogP contribution in [0.1, 0.15) is 12.1 Å². The highest BCUT2D eigenvalue weighted by molar-refractivity contribution is 5.63. The van der Waals surface area contributed by atoms with Crippen LogP contribution in [-0.4, -0.2) is 34.7 Å². The van der Waals surface area contributed by atoms with E-state index in [9.17, 15) is 23.3 Å². The Morgan fingerprint density at radius 2 is 2.25 bits per heavy atom. The van der Waals surface area contributed by atoms with Crippen LogP contribution in [-0.2, 0) is 6.18 Å². The Labute approximate surface area is 112 Å². The number of aliphatic hydroxyl groups is 1. The third kappa shape index (κ3) is 2.82. The maximum Gasteiger partial charge on any atom is 0.433 e. The lowest BCUT2D eigenvalue weighted by atomic mass is 10.1. The van der Waals surface area contributed by atoms with E-state index in [1.807, 2.05) is 0 Å². The molecule has 1 unspecified atom stereocenters. The van der Waals surface area contributed by atoms with E-state index in [1.54, 1.807) is 0 Å². The molecule has 0 aromatic carbocycles. The average Bonchev–Trinajstić information content (AvgIpc) is 2.85. The minimum atomic E-state index is -4.65. The molecule has 6 nitrogen and oxygen atoms in total. The second-order valence-electron chi connectivity index (χ2n) is 4.60. The van der Waals surface area contributed by atoms with Crippen LogP contribution in [0.3, 0.4) is 0 Å². The zero-order valence-corrected chi connectivity index (χ0v) is 10.3. The van der Waals surface area contributed by atoms with Gasteiger partial charge in [-0.25, -0.2) is 4.98 Å². The van der Waals surface area contributed by atoms with E-state index in [0.29, 0.717) is 31.8 Å². The first-order chi connectivity index (χ1) is 9.32. The smallest absolute Gasteiger partial charge is 0.396 e. The number of nitro groups is 1. The zero-order valence-electron chi connectivity index (χ0n) is 10.3. The molecular formula is C11H12F3N3O3. The molecule has 1 N–H and O–H groups in total. The van der Waals surface area contributed by atoms with Crippen LogP contribution in [0.4, 0.5) is 24.5 Å². The van der Waals surface area contributed by atoms with E-state index in [1.165, 1.54) is 4.90 Å². The first-order valence-electron chi connectivity index (χ1n) is 5.90. The Balaban J connectivity index is 2.40. The third-order valence-corrected chi connectivity index (χ3v) is 3.23. The largest absolute Gasteiger partial charge is 0.433 e. The van der Waals surface area contributed by atoms with E-state index in [2.05, 4.69) is 4.98 Å². The van der Waals surface area contributed by atoms with Crippen molar-refractivity contribution in [2.45, 2.75) is 12.6 Å². The molecule has 0 radical (unpaired) electrons. The van der Waals surface area contributed by atoms with Crippen molar-refractivity contribution in [2.24, 2.45) is 5.92 Å². The summed E-state index contributed by atoms with van der Waals surface area (Å²) in [6, 6.07) is 0.692. The molecule has 20 heavy (non-hydrogen) atoms. The van der Waals surface area contributed by atoms with Crippen LogP contribution in [0, 0.1) is 16.0 Å². The average molecular weight is 291 g/mol. The maximum absolute atomic E-state index is 12.6. The van der Waals surface area contributed by atoms with Crippen molar-refractivity contribution in [3.8, 4) is 0 Å². The number of rotatable bonds is 3. The number of nitrogens with zero attached hydrogens (tertiary/aromatic N) is 3. The quantitative estimate of drug-likeness (QED) is 0.679. The van der Waals surface area contributed by atoms with Gasteiger partial charge in [-0.1, -0.05) is 0 Å². The van der Waals surface area contributed by atoms with Gasteiger partial charge in [0.1, 0.15) is 17.6 Å². The molecule has 0 spiro atoms. The molecule has 1 aromatic rings. The summed E-state index contributed by atoms with van der Waals surface area (Å²) >= 11 is 0. The maximum atomic E-state index is 12.6. The van der Waals surface area contributed by atoms with Gasteiger partial charge in [0.25, 0.3) is 0 Å². The van der Waals surface area contributed by atoms with Crippen LogP contribution < -0.4 is 4.90 Å². The van der Waals surface area contributed by atoms with E-state index in [4.69, 9.17) is 5.11 Å². The van der Waals surface area contributed by atoms with Crippen molar-refractivity contribution >= 4 is 11.4 Å². The number of aliphatic hydroxyl groups excluding tert-OH is 1. The number of anilines is 1. The molecule has 0 amide bonds. The summed E-state index contributed by atoms with van der Waals surface area (Å²) in [6.45, 7) is 0.563. The van der Waals surface area contributed by atoms with Gasteiger partial charge in [-0.05, 0) is 12.5 Å². The second kappa shape index (κ2) is 5.23. The van der Waals surface area contributed by atoms with Crippen molar-refractivity contribution in [1.29, 1.82) is 0 Å². The molecule has 1 saturated heterocycles. The van der Waals surface area contributed by atoms with Crippen molar-refractivity contribution in [1.82, 2.24) is 4.98 Å². The predicted octanol–water partition coefficient (Wildman–Crippen LogP) is 1.83. The molecule has 2 heterocycles. The van der Waals surface area contributed by atoms with Crippen molar-refractivity contribution in [2.75, 3.05) is 24.6 Å². The summed E-state index contributed by atoms with van der Waals surface area (Å²) in [5.74, 6) is -0.0860. The SMILES string of the molecule is O=[N+]([O-])c1cnc(C(F)(F)F)cc1N1CCC(CO)C1. The molecule has 1 aliphatic rings. The van der Waals surface area contributed by atoms with Gasteiger partial charge >= 0.3 is 11.9 Å². The standard InChI is InChI=1S/C11H12F3N3O3/c12-11(13,14)10-3-8(9(4-15-10)17(19)20)16-2-1-7(5-16)6-18/h3-4,7,18H,1-2,5-6H2. The zero-order chi connectivity index (χ0) is 14.9. The number of hydrogen-bond acceptors (Lipinski definition) is 5. The highest BCUT2D eigenvalue weighted by atomic mass is 19.4. The first-order valence-corrected chi connectivity index (χ1v) is 5.90. The minimum Gasteiger partial charge on any atom is -0.396 e. The number of alkyl halides is 3. The van der Waals surface area contributed by atoms with Crippen LogP contribution in [0.15, 0.2) is 12.3 Å². The molecule has 1 fully saturated rings. The summed E-state index contributed by atoms with van der Waals surface area (Å²) in [7, 11) is 0. The third-order valence-electron chi connectivity index (χ3n) is 3.23. The lowest BCUT2D eigenvalue weighted by Crippen LogP contribution is -2.22. The monoisotopic (exact) mass is 291 g/mol. The van der Waals surface area contributed by atoms with Gasteiger partial charge in [0.2, 0.25) is 0 Å². The van der Waals surface area contributed by atoms with Crippen LogP contribution in [0.2, 0.25) is 0 Å². The highest BCUT2D eigenvalue weighted by Gasteiger charge is 2.36. The van der Waals surface area contributed by atoms with Gasteiger partial charge in [0.05, 0.1) is 4.92 Å². The highest BCUT2D eigenvalue weighted by Crippen LogP contribution is 2.36. The molecule has 0 bridgehead atoms. The fraction of sp³-hybridized carbons (Fsp3) is 0.545. The number of hydrogen-bond donors (Lipinski definition) is 1. The molecule has 2 rings (SSSR count). The van der Waals surface area contributed by atoms with Gasteiger partial charge in [0, 0.05) is 25.6 Å². The topological polar surface area (TPSA) is 79.5 Å². The van der Waals surface area contributed by atoms with Gasteiger partial charge in [0.15, 0.2) is 0 Å². The molecule has 0 saturated carbocycles. The van der Waals surface area contributed by atoms with Crippen molar-refractivity contribution in [3.63, 3.8) is 0 Å². The molecular weight excluding hydrogens is 279 g/mol. The molecule has 9 heteroatoms. The van der Waals surface area contributed by atoms with E-state index in [-0.39, 0.29) is 18.2 Å². The fourth-order valence-corrected chi connectivity index (χ4v) is 2.19. The van der Waals surface area contributed by atoms with Gasteiger partial charge in [-0.3, -0.25) is 10.1 Å². The second-order valence-corrected chi connectivity index (χ2v) is 4.60. The molecule has 1 atom stereocenters. The summed E-state index contributed by atoms with van der Waals surface area (Å²) in [5.41, 5.74) is -1.73. The van der Waals surface area contributed by atoms with Gasteiger partial charge in [-0.2, -0.15) is 13.2 Å². The van der Waals surface area contributed by atoms with Gasteiger partial charge < -0.3 is 10.0 Å². The number of halogens is 3. The molecule has 110 valence electrons. The summed E-state index contributed by atoms with van der Waals surface area (Å²) in [4.78, 5) is 14.7. The Hall–Kier alpha value is -1.90. The van der Waals surface area contributed by atoms with Crippen LogP contribution >= 0.6 is 0 Å². The summed E-state index contributed by atoms with van der Waals surface area (Å²) in [6.07, 6.45) is -3.44. The fourth-order valence-electron chi connectivity index (χ4n) is 2.19. The Morgan fingerprint density at radius 1 is 1.55 bits per heavy atom.